The minimum atomic E-state index is -3.35. The fourth-order valence-corrected chi connectivity index (χ4v) is 3.32. The number of hydrogen-bond donors (Lipinski definition) is 0. The Bertz CT molecular complexity index is 1270. The molecule has 0 bridgehead atoms. The molecule has 4 aromatic rings. The first-order valence-corrected chi connectivity index (χ1v) is 9.78. The van der Waals surface area contributed by atoms with Gasteiger partial charge in [0.1, 0.15) is 5.65 Å². The van der Waals surface area contributed by atoms with E-state index in [0.29, 0.717) is 28.0 Å². The molecule has 0 unspecified atom stereocenters. The zero-order valence-corrected chi connectivity index (χ0v) is 17.3. The number of rotatable bonds is 5. The van der Waals surface area contributed by atoms with Gasteiger partial charge < -0.3 is 4.74 Å². The second kappa shape index (κ2) is 8.73. The van der Waals surface area contributed by atoms with Gasteiger partial charge in [-0.3, -0.25) is 9.20 Å². The van der Waals surface area contributed by atoms with Crippen LogP contribution in [-0.2, 0) is 4.74 Å². The third-order valence-corrected chi connectivity index (χ3v) is 4.92. The van der Waals surface area contributed by atoms with E-state index in [1.165, 1.54) is 0 Å². The Morgan fingerprint density at radius 1 is 1.00 bits per heavy atom. The summed E-state index contributed by atoms with van der Waals surface area (Å²) in [5.41, 5.74) is 2.13. The maximum absolute atomic E-state index is 13.8. The Hall–Kier alpha value is -3.46. The van der Waals surface area contributed by atoms with E-state index in [1.807, 2.05) is 6.07 Å². The summed E-state index contributed by atoms with van der Waals surface area (Å²) in [6.45, 7) is -3.35. The van der Waals surface area contributed by atoms with Crippen molar-refractivity contribution in [1.29, 1.82) is 0 Å². The second-order valence-corrected chi connectivity index (χ2v) is 7.29. The highest BCUT2D eigenvalue weighted by Crippen LogP contribution is 2.33. The lowest BCUT2D eigenvalue weighted by Gasteiger charge is -2.06. The van der Waals surface area contributed by atoms with E-state index in [9.17, 15) is 18.0 Å². The maximum atomic E-state index is 13.8. The van der Waals surface area contributed by atoms with E-state index in [-0.39, 0.29) is 11.6 Å². The molecule has 0 radical (unpaired) electrons. The fraction of sp³-hybridized carbons (Fsp3) is 0.0455. The van der Waals surface area contributed by atoms with Gasteiger partial charge in [0.25, 0.3) is 0 Å². The van der Waals surface area contributed by atoms with Crippen LogP contribution in [0.5, 0.6) is 0 Å². The maximum Gasteiger partial charge on any atom is 0.390 e. The molecule has 5 nitrogen and oxygen atoms in total. The third kappa shape index (κ3) is 4.51. The fourth-order valence-electron chi connectivity index (χ4n) is 3.06. The first-order chi connectivity index (χ1) is 14.9. The number of aromatic nitrogens is 2. The predicted molar refractivity (Wildman–Crippen MR) is 113 cm³/mol. The summed E-state index contributed by atoms with van der Waals surface area (Å²) in [5, 5.41) is 0. The van der Waals surface area contributed by atoms with E-state index >= 15 is 0 Å². The standard InChI is InChI=1S/C22H13BrF3N3O2/c23-16-9-6-13(7-10-16)18-20(28-22(26)31-21(24)25)27-17-11-8-15(12-29(17)18)19(30)14-4-2-1-3-5-14/h1-12,21H/b28-22-. The first-order valence-electron chi connectivity index (χ1n) is 8.99. The number of nitrogens with zero attached hydrogens (tertiary/aromatic N) is 3. The summed E-state index contributed by atoms with van der Waals surface area (Å²) in [6.07, 6.45) is -0.155. The third-order valence-electron chi connectivity index (χ3n) is 4.40. The number of carbonyl (C=O) groups excluding carboxylic acids is 1. The summed E-state index contributed by atoms with van der Waals surface area (Å²) in [7, 11) is 0. The minimum Gasteiger partial charge on any atom is -0.393 e. The number of alkyl halides is 2. The van der Waals surface area contributed by atoms with E-state index in [1.54, 1.807) is 71.3 Å². The van der Waals surface area contributed by atoms with Crippen LogP contribution in [0.15, 0.2) is 82.4 Å². The summed E-state index contributed by atoms with van der Waals surface area (Å²) in [5.74, 6) is -0.375. The van der Waals surface area contributed by atoms with Crippen molar-refractivity contribution < 1.29 is 22.7 Å². The average Bonchev–Trinajstić information content (AvgIpc) is 3.10. The van der Waals surface area contributed by atoms with Gasteiger partial charge in [-0.25, -0.2) is 4.98 Å². The Morgan fingerprint density at radius 3 is 2.39 bits per heavy atom. The molecule has 9 heteroatoms. The van der Waals surface area contributed by atoms with Crippen molar-refractivity contribution in [2.24, 2.45) is 4.99 Å². The molecule has 0 aliphatic heterocycles. The molecule has 0 aliphatic carbocycles. The van der Waals surface area contributed by atoms with Crippen molar-refractivity contribution in [3.05, 3.63) is 88.5 Å². The van der Waals surface area contributed by atoms with Crippen molar-refractivity contribution in [3.8, 4) is 11.3 Å². The number of benzene rings is 2. The quantitative estimate of drug-likeness (QED) is 0.191. The average molecular weight is 488 g/mol. The Morgan fingerprint density at radius 2 is 1.71 bits per heavy atom. The topological polar surface area (TPSA) is 56.0 Å². The molecule has 0 N–H and O–H groups in total. The van der Waals surface area contributed by atoms with Crippen molar-refractivity contribution in [3.63, 3.8) is 0 Å². The van der Waals surface area contributed by atoms with Gasteiger partial charge >= 0.3 is 12.8 Å². The summed E-state index contributed by atoms with van der Waals surface area (Å²) in [6, 6.07) is 18.8. The molecule has 0 spiro atoms. The lowest BCUT2D eigenvalue weighted by molar-refractivity contribution is -0.0688. The SMILES string of the molecule is O=C(c1ccccc1)c1ccc2nc(/N=C(/F)OC(F)F)c(-c3ccc(Br)cc3)n2c1. The largest absolute Gasteiger partial charge is 0.393 e. The van der Waals surface area contributed by atoms with Crippen molar-refractivity contribution in [1.82, 2.24) is 9.38 Å². The van der Waals surface area contributed by atoms with Crippen LogP contribution in [0.4, 0.5) is 19.0 Å². The van der Waals surface area contributed by atoms with Gasteiger partial charge in [-0.05, 0) is 24.3 Å². The smallest absolute Gasteiger partial charge is 0.390 e. The molecule has 0 fully saturated rings. The van der Waals surface area contributed by atoms with E-state index in [4.69, 9.17) is 0 Å². The number of imidazole rings is 1. The highest BCUT2D eigenvalue weighted by molar-refractivity contribution is 9.10. The lowest BCUT2D eigenvalue weighted by Crippen LogP contribution is -2.04. The first kappa shape index (κ1) is 20.8. The van der Waals surface area contributed by atoms with E-state index in [2.05, 4.69) is 30.6 Å². The second-order valence-electron chi connectivity index (χ2n) is 6.38. The molecule has 0 amide bonds. The van der Waals surface area contributed by atoms with Gasteiger partial charge in [0.2, 0.25) is 0 Å². The monoisotopic (exact) mass is 487 g/mol. The zero-order chi connectivity index (χ0) is 22.0. The van der Waals surface area contributed by atoms with Gasteiger partial charge in [0.15, 0.2) is 11.6 Å². The Kier molecular flexibility index (Phi) is 5.85. The summed E-state index contributed by atoms with van der Waals surface area (Å²) >= 11 is 3.34. The van der Waals surface area contributed by atoms with Crippen LogP contribution in [0.25, 0.3) is 16.9 Å². The zero-order valence-electron chi connectivity index (χ0n) is 15.7. The van der Waals surface area contributed by atoms with Gasteiger partial charge in [0.05, 0.1) is 5.69 Å². The Balaban J connectivity index is 1.88. The van der Waals surface area contributed by atoms with Gasteiger partial charge in [-0.15, -0.1) is 4.39 Å². The molecule has 2 heterocycles. The number of halogens is 4. The molecule has 156 valence electrons. The van der Waals surface area contributed by atoms with Gasteiger partial charge in [0, 0.05) is 27.4 Å². The molecular weight excluding hydrogens is 475 g/mol. The van der Waals surface area contributed by atoms with Crippen LogP contribution in [0, 0.1) is 0 Å². The number of pyridine rings is 1. The molecule has 0 atom stereocenters. The van der Waals surface area contributed by atoms with Crippen LogP contribution >= 0.6 is 15.9 Å². The number of hydrogen-bond acceptors (Lipinski definition) is 4. The van der Waals surface area contributed by atoms with E-state index in [0.717, 1.165) is 4.47 Å². The molecule has 2 aromatic heterocycles. The van der Waals surface area contributed by atoms with Crippen molar-refractivity contribution in [2.75, 3.05) is 0 Å². The highest BCUT2D eigenvalue weighted by Gasteiger charge is 2.19. The van der Waals surface area contributed by atoms with Gasteiger partial charge in [-0.2, -0.15) is 13.8 Å². The number of fused-ring (bicyclic) bond motifs is 1. The van der Waals surface area contributed by atoms with Crippen LogP contribution < -0.4 is 0 Å². The van der Waals surface area contributed by atoms with E-state index < -0.39 is 12.8 Å². The normalized spacial score (nSPS) is 11.8. The van der Waals surface area contributed by atoms with Crippen molar-refractivity contribution >= 4 is 39.3 Å². The molecule has 2 aromatic carbocycles. The number of aliphatic imine (C=N–C) groups is 1. The number of ether oxygens (including phenoxy) is 1. The molecule has 0 aliphatic rings. The molecule has 0 saturated carbocycles. The lowest BCUT2D eigenvalue weighted by atomic mass is 10.1. The molecular formula is C22H13BrF3N3O2. The van der Waals surface area contributed by atoms with Crippen LogP contribution in [-0.4, -0.2) is 27.9 Å². The number of ketones is 1. The van der Waals surface area contributed by atoms with Crippen molar-refractivity contribution in [2.45, 2.75) is 6.61 Å². The Labute approximate surface area is 183 Å². The summed E-state index contributed by atoms with van der Waals surface area (Å²) in [4.78, 5) is 20.6. The minimum absolute atomic E-state index is 0.162. The van der Waals surface area contributed by atoms with Crippen LogP contribution in [0.3, 0.4) is 0 Å². The molecule has 0 saturated heterocycles. The number of carbonyl (C=O) groups is 1. The predicted octanol–water partition coefficient (Wildman–Crippen LogP) is 6.19. The highest BCUT2D eigenvalue weighted by atomic mass is 79.9. The van der Waals surface area contributed by atoms with Crippen LogP contribution in [0.2, 0.25) is 0 Å². The van der Waals surface area contributed by atoms with Crippen LogP contribution in [0.1, 0.15) is 15.9 Å². The summed E-state index contributed by atoms with van der Waals surface area (Å²) < 4.78 is 44.6. The molecule has 4 rings (SSSR count). The van der Waals surface area contributed by atoms with Gasteiger partial charge in [-0.1, -0.05) is 58.4 Å². The molecule has 31 heavy (non-hydrogen) atoms.